The highest BCUT2D eigenvalue weighted by Crippen LogP contribution is 2.17. The predicted octanol–water partition coefficient (Wildman–Crippen LogP) is 0.0835. The Labute approximate surface area is 110 Å². The average molecular weight is 268 g/mol. The molecule has 9 heteroatoms. The minimum atomic E-state index is -0.228. The number of nitrogens with one attached hydrogen (secondary N) is 2. The van der Waals surface area contributed by atoms with E-state index in [0.717, 1.165) is 0 Å². The van der Waals surface area contributed by atoms with Crippen molar-refractivity contribution in [1.29, 1.82) is 0 Å². The minimum Gasteiger partial charge on any atom is -0.340 e. The summed E-state index contributed by atoms with van der Waals surface area (Å²) in [6.07, 6.45) is 4.39. The fourth-order valence-corrected chi connectivity index (χ4v) is 2.10. The van der Waals surface area contributed by atoms with Crippen LogP contribution in [0.15, 0.2) is 23.6 Å². The highest BCUT2D eigenvalue weighted by molar-refractivity contribution is 5.82. The fraction of sp³-hybridized carbons (Fsp3) is 0.0909. The summed E-state index contributed by atoms with van der Waals surface area (Å²) in [5.41, 5.74) is 1.38. The molecule has 0 saturated carbocycles. The lowest BCUT2D eigenvalue weighted by molar-refractivity contribution is 0.858. The first-order chi connectivity index (χ1) is 9.74. The molecule has 4 aromatic heterocycles. The number of nitrogens with zero attached hydrogens (tertiary/aromatic N) is 6. The van der Waals surface area contributed by atoms with Crippen molar-refractivity contribution in [3.63, 3.8) is 0 Å². The summed E-state index contributed by atoms with van der Waals surface area (Å²) in [5, 5.41) is 4.60. The van der Waals surface area contributed by atoms with E-state index in [4.69, 9.17) is 0 Å². The quantitative estimate of drug-likeness (QED) is 0.505. The molecular formula is C11H8N8O. The van der Waals surface area contributed by atoms with Crippen LogP contribution < -0.4 is 5.56 Å². The summed E-state index contributed by atoms with van der Waals surface area (Å²) in [7, 11) is 0. The Balaban J connectivity index is 2.13. The maximum absolute atomic E-state index is 11.9. The van der Waals surface area contributed by atoms with Gasteiger partial charge >= 0.3 is 0 Å². The standard InChI is InChI=1S/C11H8N8O/c1-5-17-9-6(11(20)18-5)2-16-19(9)10-7-8(13-3-12-7)14-4-15-10/h2-4H,1H3,(H,17,18,20)(H,12,13,14,15). The molecule has 0 aliphatic heterocycles. The summed E-state index contributed by atoms with van der Waals surface area (Å²) in [6, 6.07) is 0. The van der Waals surface area contributed by atoms with Crippen LogP contribution in [0.25, 0.3) is 28.0 Å². The van der Waals surface area contributed by atoms with Gasteiger partial charge in [0.25, 0.3) is 5.56 Å². The molecule has 4 heterocycles. The largest absolute Gasteiger partial charge is 0.340 e. The van der Waals surface area contributed by atoms with E-state index in [9.17, 15) is 4.79 Å². The lowest BCUT2D eigenvalue weighted by Crippen LogP contribution is -2.10. The van der Waals surface area contributed by atoms with Gasteiger partial charge in [0.05, 0.1) is 12.5 Å². The second-order valence-electron chi connectivity index (χ2n) is 4.24. The van der Waals surface area contributed by atoms with Crippen molar-refractivity contribution < 1.29 is 0 Å². The molecule has 0 bridgehead atoms. The Kier molecular flexibility index (Phi) is 1.99. The average Bonchev–Trinajstić information content (AvgIpc) is 3.03. The molecule has 0 unspecified atom stereocenters. The number of aromatic nitrogens is 8. The van der Waals surface area contributed by atoms with Crippen LogP contribution in [0.5, 0.6) is 0 Å². The first-order valence-corrected chi connectivity index (χ1v) is 5.83. The van der Waals surface area contributed by atoms with Crippen molar-refractivity contribution >= 4 is 22.2 Å². The highest BCUT2D eigenvalue weighted by atomic mass is 16.1. The Morgan fingerprint density at radius 1 is 1.25 bits per heavy atom. The smallest absolute Gasteiger partial charge is 0.262 e. The first kappa shape index (κ1) is 10.8. The van der Waals surface area contributed by atoms with Crippen LogP contribution in [0, 0.1) is 6.92 Å². The molecule has 0 radical (unpaired) electrons. The van der Waals surface area contributed by atoms with Crippen LogP contribution in [-0.2, 0) is 0 Å². The Hall–Kier alpha value is -3.10. The summed E-state index contributed by atoms with van der Waals surface area (Å²) in [5.74, 6) is 1.01. The van der Waals surface area contributed by atoms with E-state index in [1.54, 1.807) is 6.92 Å². The number of hydrogen-bond donors (Lipinski definition) is 2. The molecule has 0 aliphatic carbocycles. The lowest BCUT2D eigenvalue weighted by Gasteiger charge is -2.02. The van der Waals surface area contributed by atoms with E-state index < -0.39 is 0 Å². The zero-order chi connectivity index (χ0) is 13.7. The predicted molar refractivity (Wildman–Crippen MR) is 69.5 cm³/mol. The molecule has 4 aromatic rings. The van der Waals surface area contributed by atoms with E-state index in [2.05, 4.69) is 35.0 Å². The van der Waals surface area contributed by atoms with Crippen molar-refractivity contribution in [3.8, 4) is 5.82 Å². The third kappa shape index (κ3) is 1.37. The number of rotatable bonds is 1. The number of aryl methyl sites for hydroxylation is 1. The molecule has 0 spiro atoms. The van der Waals surface area contributed by atoms with Crippen LogP contribution in [0.4, 0.5) is 0 Å². The van der Waals surface area contributed by atoms with Gasteiger partial charge in [-0.05, 0) is 6.92 Å². The van der Waals surface area contributed by atoms with Crippen molar-refractivity contribution in [2.24, 2.45) is 0 Å². The second-order valence-corrected chi connectivity index (χ2v) is 4.24. The van der Waals surface area contributed by atoms with Gasteiger partial charge in [-0.1, -0.05) is 0 Å². The molecule has 0 atom stereocenters. The van der Waals surface area contributed by atoms with Crippen LogP contribution in [0.1, 0.15) is 5.82 Å². The van der Waals surface area contributed by atoms with Gasteiger partial charge in [-0.25, -0.2) is 19.9 Å². The Morgan fingerprint density at radius 2 is 2.15 bits per heavy atom. The number of aromatic amines is 2. The molecule has 0 fully saturated rings. The maximum atomic E-state index is 11.9. The third-order valence-electron chi connectivity index (χ3n) is 2.96. The highest BCUT2D eigenvalue weighted by Gasteiger charge is 2.14. The van der Waals surface area contributed by atoms with E-state index in [1.165, 1.54) is 23.5 Å². The molecule has 4 rings (SSSR count). The van der Waals surface area contributed by atoms with E-state index >= 15 is 0 Å². The summed E-state index contributed by atoms with van der Waals surface area (Å²) in [4.78, 5) is 34.1. The number of imidazole rings is 1. The van der Waals surface area contributed by atoms with Gasteiger partial charge in [0.15, 0.2) is 17.1 Å². The van der Waals surface area contributed by atoms with Gasteiger partial charge in [0.2, 0.25) is 0 Å². The normalized spacial score (nSPS) is 11.4. The monoisotopic (exact) mass is 268 g/mol. The van der Waals surface area contributed by atoms with Gasteiger partial charge in [0, 0.05) is 0 Å². The SMILES string of the molecule is Cc1nc2c(cnn2-c2ncnc3nc[nH]c23)c(=O)[nH]1. The van der Waals surface area contributed by atoms with Gasteiger partial charge in [-0.2, -0.15) is 9.78 Å². The fourth-order valence-electron chi connectivity index (χ4n) is 2.10. The van der Waals surface area contributed by atoms with Crippen molar-refractivity contribution in [1.82, 2.24) is 39.7 Å². The van der Waals surface area contributed by atoms with E-state index in [-0.39, 0.29) is 5.56 Å². The Morgan fingerprint density at radius 3 is 3.05 bits per heavy atom. The summed E-state index contributed by atoms with van der Waals surface area (Å²) >= 11 is 0. The maximum Gasteiger partial charge on any atom is 0.262 e. The van der Waals surface area contributed by atoms with Crippen LogP contribution in [0.2, 0.25) is 0 Å². The second kappa shape index (κ2) is 3.70. The topological polar surface area (TPSA) is 118 Å². The van der Waals surface area contributed by atoms with E-state index in [1.807, 2.05) is 0 Å². The molecule has 98 valence electrons. The van der Waals surface area contributed by atoms with E-state index in [0.29, 0.717) is 33.8 Å². The zero-order valence-corrected chi connectivity index (χ0v) is 10.3. The molecular weight excluding hydrogens is 260 g/mol. The number of hydrogen-bond acceptors (Lipinski definition) is 6. The number of H-pyrrole nitrogens is 2. The Bertz CT molecular complexity index is 994. The molecule has 0 aliphatic rings. The minimum absolute atomic E-state index is 0.228. The van der Waals surface area contributed by atoms with Gasteiger partial charge in [0.1, 0.15) is 23.1 Å². The molecule has 0 saturated heterocycles. The molecule has 2 N–H and O–H groups in total. The number of fused-ring (bicyclic) bond motifs is 2. The molecule has 0 amide bonds. The van der Waals surface area contributed by atoms with Gasteiger partial charge in [-0.3, -0.25) is 4.79 Å². The van der Waals surface area contributed by atoms with Crippen molar-refractivity contribution in [2.45, 2.75) is 6.92 Å². The van der Waals surface area contributed by atoms with Crippen LogP contribution >= 0.6 is 0 Å². The van der Waals surface area contributed by atoms with Gasteiger partial charge in [-0.15, -0.1) is 0 Å². The first-order valence-electron chi connectivity index (χ1n) is 5.83. The van der Waals surface area contributed by atoms with Crippen LogP contribution in [-0.4, -0.2) is 39.7 Å². The zero-order valence-electron chi connectivity index (χ0n) is 10.3. The van der Waals surface area contributed by atoms with Crippen LogP contribution in [0.3, 0.4) is 0 Å². The van der Waals surface area contributed by atoms with Crippen molar-refractivity contribution in [3.05, 3.63) is 35.0 Å². The van der Waals surface area contributed by atoms with Gasteiger partial charge < -0.3 is 9.97 Å². The summed E-state index contributed by atoms with van der Waals surface area (Å²) in [6.45, 7) is 1.71. The lowest BCUT2D eigenvalue weighted by atomic mass is 10.4. The molecule has 0 aromatic carbocycles. The molecule has 9 nitrogen and oxygen atoms in total. The summed E-state index contributed by atoms with van der Waals surface area (Å²) < 4.78 is 1.50. The molecule has 20 heavy (non-hydrogen) atoms. The third-order valence-corrected chi connectivity index (χ3v) is 2.96. The van der Waals surface area contributed by atoms with Crippen molar-refractivity contribution in [2.75, 3.05) is 0 Å².